The Bertz CT molecular complexity index is 1180. The minimum absolute atomic E-state index is 0.195. The molecule has 7 nitrogen and oxygen atoms in total. The fourth-order valence-corrected chi connectivity index (χ4v) is 3.10. The van der Waals surface area contributed by atoms with Crippen molar-refractivity contribution in [3.63, 3.8) is 0 Å². The van der Waals surface area contributed by atoms with E-state index in [0.717, 1.165) is 22.5 Å². The summed E-state index contributed by atoms with van der Waals surface area (Å²) in [6, 6.07) is 18.3. The molecule has 0 saturated heterocycles. The van der Waals surface area contributed by atoms with Gasteiger partial charge in [0.2, 0.25) is 0 Å². The number of anilines is 1. The van der Waals surface area contributed by atoms with Gasteiger partial charge < -0.3 is 14.8 Å². The number of carbonyl (C=O) groups is 1. The van der Waals surface area contributed by atoms with Crippen molar-refractivity contribution in [2.24, 2.45) is 0 Å². The number of hydrogen-bond acceptors (Lipinski definition) is 5. The maximum atomic E-state index is 12.6. The van der Waals surface area contributed by atoms with E-state index in [0.29, 0.717) is 29.1 Å². The molecular formula is C23H22N4O3. The quantitative estimate of drug-likeness (QED) is 0.518. The van der Waals surface area contributed by atoms with Gasteiger partial charge in [-0.25, -0.2) is 0 Å². The number of carbonyl (C=O) groups excluding carboxylic acids is 1. The molecule has 0 spiro atoms. The number of amides is 1. The Morgan fingerprint density at radius 2 is 1.60 bits per heavy atom. The van der Waals surface area contributed by atoms with E-state index >= 15 is 0 Å². The van der Waals surface area contributed by atoms with Crippen molar-refractivity contribution in [2.75, 3.05) is 19.0 Å². The van der Waals surface area contributed by atoms with Crippen LogP contribution in [-0.4, -0.2) is 34.6 Å². The molecule has 4 aromatic rings. The molecule has 30 heavy (non-hydrogen) atoms. The number of fused-ring (bicyclic) bond motifs is 1. The Balaban J connectivity index is 1.59. The number of nitrogens with one attached hydrogen (secondary N) is 1. The Hall–Kier alpha value is -3.87. The number of benzene rings is 3. The predicted molar refractivity (Wildman–Crippen MR) is 116 cm³/mol. The highest BCUT2D eigenvalue weighted by Crippen LogP contribution is 2.23. The molecule has 0 aliphatic heterocycles. The number of aromatic nitrogens is 3. The van der Waals surface area contributed by atoms with Crippen LogP contribution < -0.4 is 14.8 Å². The predicted octanol–water partition coefficient (Wildman–Crippen LogP) is 4.39. The van der Waals surface area contributed by atoms with Gasteiger partial charge in [-0.15, -0.1) is 10.2 Å². The van der Waals surface area contributed by atoms with Gasteiger partial charge in [-0.1, -0.05) is 0 Å². The summed E-state index contributed by atoms with van der Waals surface area (Å²) >= 11 is 0. The van der Waals surface area contributed by atoms with Gasteiger partial charge >= 0.3 is 0 Å². The van der Waals surface area contributed by atoms with Crippen LogP contribution >= 0.6 is 0 Å². The third kappa shape index (κ3) is 3.96. The fourth-order valence-electron chi connectivity index (χ4n) is 3.10. The van der Waals surface area contributed by atoms with Crippen LogP contribution in [0.5, 0.6) is 11.5 Å². The molecule has 1 aromatic heterocycles. The lowest BCUT2D eigenvalue weighted by Crippen LogP contribution is -2.12. The number of methoxy groups -OCH3 is 1. The third-order valence-electron chi connectivity index (χ3n) is 4.71. The second-order valence-electron chi connectivity index (χ2n) is 6.75. The van der Waals surface area contributed by atoms with Gasteiger partial charge in [0.15, 0.2) is 0 Å². The highest BCUT2D eigenvalue weighted by atomic mass is 16.5. The first kappa shape index (κ1) is 19.4. The number of nitrogens with zero attached hydrogens (tertiary/aromatic N) is 3. The van der Waals surface area contributed by atoms with Gasteiger partial charge in [-0.05, 0) is 80.1 Å². The highest BCUT2D eigenvalue weighted by molar-refractivity contribution is 6.05. The second kappa shape index (κ2) is 8.24. The van der Waals surface area contributed by atoms with E-state index in [9.17, 15) is 4.79 Å². The Morgan fingerprint density at radius 3 is 2.23 bits per heavy atom. The van der Waals surface area contributed by atoms with Gasteiger partial charge in [0.1, 0.15) is 22.5 Å². The average molecular weight is 402 g/mol. The zero-order valence-electron chi connectivity index (χ0n) is 17.0. The van der Waals surface area contributed by atoms with E-state index in [1.807, 2.05) is 50.2 Å². The van der Waals surface area contributed by atoms with Gasteiger partial charge in [-0.2, -0.15) is 4.80 Å². The summed E-state index contributed by atoms with van der Waals surface area (Å²) in [6.45, 7) is 4.50. The molecule has 152 valence electrons. The van der Waals surface area contributed by atoms with Gasteiger partial charge in [0.05, 0.1) is 19.4 Å². The zero-order valence-corrected chi connectivity index (χ0v) is 17.0. The van der Waals surface area contributed by atoms with Crippen LogP contribution in [0.4, 0.5) is 5.69 Å². The Morgan fingerprint density at radius 1 is 0.967 bits per heavy atom. The third-order valence-corrected chi connectivity index (χ3v) is 4.71. The van der Waals surface area contributed by atoms with Crippen molar-refractivity contribution in [3.8, 4) is 17.2 Å². The molecule has 0 radical (unpaired) electrons. The van der Waals surface area contributed by atoms with Crippen molar-refractivity contribution in [3.05, 3.63) is 71.8 Å². The molecule has 0 saturated carbocycles. The Labute approximate surface area is 174 Å². The number of ether oxygens (including phenoxy) is 2. The van der Waals surface area contributed by atoms with Crippen LogP contribution in [0.2, 0.25) is 0 Å². The standard InChI is InChI=1S/C23H22N4O3/c1-4-30-19-11-7-17(8-12-19)27-25-21-13-15(2)20(14-22(21)26-27)24-23(28)16-5-9-18(29-3)10-6-16/h5-14H,4H2,1-3H3,(H,24,28). The molecule has 0 atom stereocenters. The molecular weight excluding hydrogens is 380 g/mol. The summed E-state index contributed by atoms with van der Waals surface area (Å²) in [5.74, 6) is 1.31. The van der Waals surface area contributed by atoms with Crippen LogP contribution in [0.3, 0.4) is 0 Å². The van der Waals surface area contributed by atoms with E-state index in [-0.39, 0.29) is 5.91 Å². The zero-order chi connectivity index (χ0) is 21.1. The highest BCUT2D eigenvalue weighted by Gasteiger charge is 2.12. The monoisotopic (exact) mass is 402 g/mol. The smallest absolute Gasteiger partial charge is 0.255 e. The lowest BCUT2D eigenvalue weighted by Gasteiger charge is -2.08. The maximum absolute atomic E-state index is 12.6. The van der Waals surface area contributed by atoms with E-state index in [2.05, 4.69) is 15.5 Å². The SMILES string of the molecule is CCOc1ccc(-n2nc3cc(C)c(NC(=O)c4ccc(OC)cc4)cc3n2)cc1. The summed E-state index contributed by atoms with van der Waals surface area (Å²) in [6.07, 6.45) is 0. The van der Waals surface area contributed by atoms with Crippen molar-refractivity contribution < 1.29 is 14.3 Å². The van der Waals surface area contributed by atoms with Crippen LogP contribution in [0.1, 0.15) is 22.8 Å². The largest absolute Gasteiger partial charge is 0.497 e. The molecule has 1 N–H and O–H groups in total. The number of rotatable bonds is 6. The number of aryl methyl sites for hydroxylation is 1. The normalized spacial score (nSPS) is 10.8. The van der Waals surface area contributed by atoms with Gasteiger partial charge in [-0.3, -0.25) is 4.79 Å². The lowest BCUT2D eigenvalue weighted by atomic mass is 10.1. The molecule has 1 amide bonds. The molecule has 0 unspecified atom stereocenters. The molecule has 0 aliphatic rings. The minimum atomic E-state index is -0.195. The second-order valence-corrected chi connectivity index (χ2v) is 6.75. The summed E-state index contributed by atoms with van der Waals surface area (Å²) in [7, 11) is 1.59. The lowest BCUT2D eigenvalue weighted by molar-refractivity contribution is 0.102. The van der Waals surface area contributed by atoms with Crippen LogP contribution in [0.25, 0.3) is 16.7 Å². The topological polar surface area (TPSA) is 78.3 Å². The summed E-state index contributed by atoms with van der Waals surface area (Å²) in [5, 5.41) is 12.1. The average Bonchev–Trinajstić information content (AvgIpc) is 3.17. The van der Waals surface area contributed by atoms with E-state index in [1.165, 1.54) is 0 Å². The Kier molecular flexibility index (Phi) is 5.34. The maximum Gasteiger partial charge on any atom is 0.255 e. The van der Waals surface area contributed by atoms with E-state index in [4.69, 9.17) is 9.47 Å². The summed E-state index contributed by atoms with van der Waals surface area (Å²) in [5.41, 5.74) is 4.43. The van der Waals surface area contributed by atoms with Gasteiger partial charge in [0, 0.05) is 11.3 Å². The van der Waals surface area contributed by atoms with E-state index in [1.54, 1.807) is 36.2 Å². The molecule has 0 aliphatic carbocycles. The fraction of sp³-hybridized carbons (Fsp3) is 0.174. The molecule has 1 heterocycles. The van der Waals surface area contributed by atoms with Crippen molar-refractivity contribution in [1.29, 1.82) is 0 Å². The first-order chi connectivity index (χ1) is 14.6. The molecule has 4 rings (SSSR count). The van der Waals surface area contributed by atoms with Crippen LogP contribution in [0.15, 0.2) is 60.7 Å². The molecule has 0 fully saturated rings. The van der Waals surface area contributed by atoms with Crippen molar-refractivity contribution in [1.82, 2.24) is 15.0 Å². The van der Waals surface area contributed by atoms with Crippen molar-refractivity contribution >= 4 is 22.6 Å². The van der Waals surface area contributed by atoms with Crippen molar-refractivity contribution in [2.45, 2.75) is 13.8 Å². The summed E-state index contributed by atoms with van der Waals surface area (Å²) < 4.78 is 10.6. The number of hydrogen-bond donors (Lipinski definition) is 1. The molecule has 3 aromatic carbocycles. The van der Waals surface area contributed by atoms with E-state index < -0.39 is 0 Å². The first-order valence-electron chi connectivity index (χ1n) is 9.63. The first-order valence-corrected chi connectivity index (χ1v) is 9.63. The minimum Gasteiger partial charge on any atom is -0.497 e. The van der Waals surface area contributed by atoms with Gasteiger partial charge in [0.25, 0.3) is 5.91 Å². The molecule has 0 bridgehead atoms. The van der Waals surface area contributed by atoms with Crippen LogP contribution in [-0.2, 0) is 0 Å². The summed E-state index contributed by atoms with van der Waals surface area (Å²) in [4.78, 5) is 14.2. The van der Waals surface area contributed by atoms with Crippen LogP contribution in [0, 0.1) is 6.92 Å². The molecule has 7 heteroatoms.